The van der Waals surface area contributed by atoms with Crippen LogP contribution in [0.25, 0.3) is 0 Å². The molecule has 100 valence electrons. The van der Waals surface area contributed by atoms with Gasteiger partial charge in [0.2, 0.25) is 0 Å². The van der Waals surface area contributed by atoms with Crippen LogP contribution in [0.5, 0.6) is 0 Å². The van der Waals surface area contributed by atoms with Crippen LogP contribution in [-0.4, -0.2) is 30.2 Å². The summed E-state index contributed by atoms with van der Waals surface area (Å²) < 4.78 is 5.00. The molecular formula is C15H19N3O. The molecule has 4 heteroatoms. The van der Waals surface area contributed by atoms with Crippen molar-refractivity contribution in [1.82, 2.24) is 15.3 Å². The van der Waals surface area contributed by atoms with Crippen molar-refractivity contribution in [3.8, 4) is 0 Å². The van der Waals surface area contributed by atoms with E-state index in [2.05, 4.69) is 39.6 Å². The van der Waals surface area contributed by atoms with Crippen LogP contribution in [0.2, 0.25) is 0 Å². The lowest BCUT2D eigenvalue weighted by Crippen LogP contribution is -2.20. The summed E-state index contributed by atoms with van der Waals surface area (Å²) in [5.41, 5.74) is 4.00. The number of H-pyrrole nitrogens is 1. The van der Waals surface area contributed by atoms with E-state index in [9.17, 15) is 0 Å². The van der Waals surface area contributed by atoms with Gasteiger partial charge in [-0.1, -0.05) is 24.3 Å². The van der Waals surface area contributed by atoms with Crippen molar-refractivity contribution in [2.24, 2.45) is 0 Å². The number of nitrogens with one attached hydrogen (secondary N) is 2. The summed E-state index contributed by atoms with van der Waals surface area (Å²) in [4.78, 5) is 7.93. The van der Waals surface area contributed by atoms with E-state index in [0.717, 1.165) is 37.6 Å². The fourth-order valence-corrected chi connectivity index (χ4v) is 2.54. The molecule has 0 spiro atoms. The van der Waals surface area contributed by atoms with E-state index in [-0.39, 0.29) is 0 Å². The predicted molar refractivity (Wildman–Crippen MR) is 74.2 cm³/mol. The lowest BCUT2D eigenvalue weighted by molar-refractivity contribution is 0.199. The highest BCUT2D eigenvalue weighted by molar-refractivity contribution is 5.44. The van der Waals surface area contributed by atoms with Crippen molar-refractivity contribution in [3.63, 3.8) is 0 Å². The highest BCUT2D eigenvalue weighted by atomic mass is 16.5. The molecule has 2 N–H and O–H groups in total. The molecule has 0 radical (unpaired) electrons. The van der Waals surface area contributed by atoms with Crippen molar-refractivity contribution in [2.75, 3.05) is 20.3 Å². The van der Waals surface area contributed by atoms with Crippen LogP contribution in [-0.2, 0) is 17.7 Å². The largest absolute Gasteiger partial charge is 0.383 e. The molecule has 2 aromatic rings. The number of nitrogens with zero attached hydrogens (tertiary/aromatic N) is 1. The molecule has 0 bridgehead atoms. The molecule has 1 aromatic heterocycles. The van der Waals surface area contributed by atoms with Crippen LogP contribution in [0, 0.1) is 0 Å². The van der Waals surface area contributed by atoms with E-state index in [0.29, 0.717) is 5.92 Å². The van der Waals surface area contributed by atoms with Crippen molar-refractivity contribution < 1.29 is 4.74 Å². The first-order chi connectivity index (χ1) is 9.38. The number of methoxy groups -OCH3 is 1. The summed E-state index contributed by atoms with van der Waals surface area (Å²) in [7, 11) is 1.71. The van der Waals surface area contributed by atoms with Crippen LogP contribution in [0.4, 0.5) is 0 Å². The van der Waals surface area contributed by atoms with Gasteiger partial charge in [0.05, 0.1) is 6.61 Å². The maximum absolute atomic E-state index is 5.00. The molecular weight excluding hydrogens is 238 g/mol. The van der Waals surface area contributed by atoms with E-state index in [1.807, 2.05) is 6.20 Å². The van der Waals surface area contributed by atoms with E-state index in [4.69, 9.17) is 4.74 Å². The Hall–Kier alpha value is -1.65. The Bertz CT molecular complexity index is 550. The number of aromatic amines is 1. The van der Waals surface area contributed by atoms with Gasteiger partial charge < -0.3 is 15.0 Å². The minimum absolute atomic E-state index is 0.448. The Morgan fingerprint density at radius 2 is 2.32 bits per heavy atom. The predicted octanol–water partition coefficient (Wildman–Crippen LogP) is 1.83. The number of ether oxygens (including phenoxy) is 1. The fourth-order valence-electron chi connectivity index (χ4n) is 2.54. The van der Waals surface area contributed by atoms with Gasteiger partial charge in [0.25, 0.3) is 0 Å². The van der Waals surface area contributed by atoms with Gasteiger partial charge in [-0.3, -0.25) is 0 Å². The zero-order valence-electron chi connectivity index (χ0n) is 11.1. The smallest absolute Gasteiger partial charge is 0.114 e. The van der Waals surface area contributed by atoms with Gasteiger partial charge in [-0.05, 0) is 17.5 Å². The molecule has 3 rings (SSSR count). The molecule has 1 aliphatic carbocycles. The zero-order chi connectivity index (χ0) is 13.1. The molecule has 4 nitrogen and oxygen atoms in total. The molecule has 0 saturated carbocycles. The number of hydrogen-bond acceptors (Lipinski definition) is 3. The second-order valence-corrected chi connectivity index (χ2v) is 4.92. The highest BCUT2D eigenvalue weighted by Gasteiger charge is 2.28. The third kappa shape index (κ3) is 2.55. The molecule has 1 heterocycles. The second kappa shape index (κ2) is 5.55. The van der Waals surface area contributed by atoms with E-state index in [1.165, 1.54) is 11.1 Å². The highest BCUT2D eigenvalue weighted by Crippen LogP contribution is 2.38. The monoisotopic (exact) mass is 257 g/mol. The Labute approximate surface area is 113 Å². The van der Waals surface area contributed by atoms with E-state index in [1.54, 1.807) is 7.11 Å². The lowest BCUT2D eigenvalue weighted by atomic mass is 9.77. The van der Waals surface area contributed by atoms with Gasteiger partial charge in [-0.25, -0.2) is 4.98 Å². The molecule has 1 atom stereocenters. The third-order valence-corrected chi connectivity index (χ3v) is 3.63. The molecule has 1 unspecified atom stereocenters. The average Bonchev–Trinajstić information content (AvgIpc) is 2.85. The normalized spacial score (nSPS) is 17.0. The summed E-state index contributed by atoms with van der Waals surface area (Å²) in [6, 6.07) is 8.59. The first-order valence-corrected chi connectivity index (χ1v) is 6.69. The first kappa shape index (κ1) is 12.4. The van der Waals surface area contributed by atoms with Crippen LogP contribution in [0.1, 0.15) is 28.6 Å². The van der Waals surface area contributed by atoms with Crippen LogP contribution >= 0.6 is 0 Å². The summed E-state index contributed by atoms with van der Waals surface area (Å²) >= 11 is 0. The van der Waals surface area contributed by atoms with Crippen molar-refractivity contribution in [2.45, 2.75) is 18.9 Å². The maximum Gasteiger partial charge on any atom is 0.114 e. The van der Waals surface area contributed by atoms with Gasteiger partial charge in [0.15, 0.2) is 0 Å². The van der Waals surface area contributed by atoms with Crippen LogP contribution < -0.4 is 5.32 Å². The SMILES string of the molecule is COCCNCc1cnc(C2Cc3ccccc32)[nH]1. The molecule has 0 aliphatic heterocycles. The maximum atomic E-state index is 5.00. The molecule has 0 saturated heterocycles. The molecule has 1 aromatic carbocycles. The molecule has 0 amide bonds. The minimum atomic E-state index is 0.448. The molecule has 0 fully saturated rings. The van der Waals surface area contributed by atoms with Gasteiger partial charge >= 0.3 is 0 Å². The standard InChI is InChI=1S/C15H19N3O/c1-19-7-6-16-9-12-10-17-15(18-12)14-8-11-4-2-3-5-13(11)14/h2-5,10,14,16H,6-9H2,1H3,(H,17,18). The zero-order valence-corrected chi connectivity index (χ0v) is 11.1. The Balaban J connectivity index is 1.60. The van der Waals surface area contributed by atoms with Gasteiger partial charge in [0.1, 0.15) is 5.82 Å². The van der Waals surface area contributed by atoms with Crippen molar-refractivity contribution >= 4 is 0 Å². The van der Waals surface area contributed by atoms with Crippen LogP contribution in [0.15, 0.2) is 30.5 Å². The fraction of sp³-hybridized carbons (Fsp3) is 0.400. The number of aromatic nitrogens is 2. The number of hydrogen-bond donors (Lipinski definition) is 2. The number of fused-ring (bicyclic) bond motifs is 1. The summed E-state index contributed by atoms with van der Waals surface area (Å²) in [5.74, 6) is 1.53. The molecule has 19 heavy (non-hydrogen) atoms. The lowest BCUT2D eigenvalue weighted by Gasteiger charge is -2.28. The number of imidazole rings is 1. The summed E-state index contributed by atoms with van der Waals surface area (Å²) in [6.45, 7) is 2.40. The Kier molecular flexibility index (Phi) is 3.62. The van der Waals surface area contributed by atoms with Gasteiger partial charge in [-0.2, -0.15) is 0 Å². The Morgan fingerprint density at radius 1 is 1.42 bits per heavy atom. The quantitative estimate of drug-likeness (QED) is 0.776. The summed E-state index contributed by atoms with van der Waals surface area (Å²) in [6.07, 6.45) is 3.02. The van der Waals surface area contributed by atoms with Crippen molar-refractivity contribution in [3.05, 3.63) is 53.1 Å². The van der Waals surface area contributed by atoms with E-state index < -0.39 is 0 Å². The van der Waals surface area contributed by atoms with Crippen LogP contribution in [0.3, 0.4) is 0 Å². The van der Waals surface area contributed by atoms with Crippen molar-refractivity contribution in [1.29, 1.82) is 0 Å². The van der Waals surface area contributed by atoms with E-state index >= 15 is 0 Å². The van der Waals surface area contributed by atoms with Gasteiger partial charge in [0, 0.05) is 38.0 Å². The average molecular weight is 257 g/mol. The number of benzene rings is 1. The topological polar surface area (TPSA) is 49.9 Å². The summed E-state index contributed by atoms with van der Waals surface area (Å²) in [5, 5.41) is 3.31. The molecule has 1 aliphatic rings. The first-order valence-electron chi connectivity index (χ1n) is 6.69. The van der Waals surface area contributed by atoms with Gasteiger partial charge in [-0.15, -0.1) is 0 Å². The number of rotatable bonds is 6. The third-order valence-electron chi connectivity index (χ3n) is 3.63. The Morgan fingerprint density at radius 3 is 3.16 bits per heavy atom. The second-order valence-electron chi connectivity index (χ2n) is 4.92. The minimum Gasteiger partial charge on any atom is -0.383 e.